The first-order chi connectivity index (χ1) is 16.9. The summed E-state index contributed by atoms with van der Waals surface area (Å²) in [4.78, 5) is 40.7. The minimum absolute atomic E-state index is 0.145. The summed E-state index contributed by atoms with van der Waals surface area (Å²) in [6.45, 7) is 8.17. The predicted molar refractivity (Wildman–Crippen MR) is 139 cm³/mol. The van der Waals surface area contributed by atoms with Gasteiger partial charge < -0.3 is 19.7 Å². The molecule has 1 aromatic heterocycles. The third-order valence-corrected chi connectivity index (χ3v) is 7.41. The Kier molecular flexibility index (Phi) is 6.99. The molecule has 2 N–H and O–H groups in total. The molecule has 1 aliphatic rings. The topological polar surface area (TPSA) is 99.8 Å². The molecular formula is C28H31ClN2O5. The Morgan fingerprint density at radius 1 is 1.11 bits per heavy atom. The van der Waals surface area contributed by atoms with Gasteiger partial charge >= 0.3 is 0 Å². The third-order valence-electron chi connectivity index (χ3n) is 7.16. The van der Waals surface area contributed by atoms with Crippen molar-refractivity contribution in [2.45, 2.75) is 45.8 Å². The quantitative estimate of drug-likeness (QED) is 0.531. The molecule has 0 spiro atoms. The maximum Gasteiger partial charge on any atom is 0.287 e. The van der Waals surface area contributed by atoms with Crippen molar-refractivity contribution in [2.75, 3.05) is 13.1 Å². The first kappa shape index (κ1) is 25.9. The number of hydrogen-bond donors (Lipinski definition) is 2. The van der Waals surface area contributed by atoms with Crippen LogP contribution >= 0.6 is 11.6 Å². The molecule has 7 nitrogen and oxygen atoms in total. The Labute approximate surface area is 215 Å². The molecule has 3 aromatic rings. The molecule has 36 heavy (non-hydrogen) atoms. The van der Waals surface area contributed by atoms with Crippen LogP contribution in [0.1, 0.15) is 50.2 Å². The zero-order valence-electron chi connectivity index (χ0n) is 20.9. The van der Waals surface area contributed by atoms with E-state index in [1.165, 1.54) is 0 Å². The summed E-state index contributed by atoms with van der Waals surface area (Å²) in [5.41, 5.74) is -1.07. The van der Waals surface area contributed by atoms with E-state index in [4.69, 9.17) is 16.0 Å². The molecule has 190 valence electrons. The van der Waals surface area contributed by atoms with Gasteiger partial charge in [0.2, 0.25) is 5.91 Å². The maximum absolute atomic E-state index is 13.6. The van der Waals surface area contributed by atoms with Crippen LogP contribution in [0.25, 0.3) is 11.0 Å². The molecule has 2 heterocycles. The van der Waals surface area contributed by atoms with Crippen molar-refractivity contribution < 1.29 is 19.1 Å². The van der Waals surface area contributed by atoms with Crippen LogP contribution in [0.4, 0.5) is 0 Å². The molecule has 8 heteroatoms. The van der Waals surface area contributed by atoms with Crippen LogP contribution in [0, 0.1) is 11.3 Å². The zero-order valence-corrected chi connectivity index (χ0v) is 21.6. The molecule has 4 rings (SSSR count). The van der Waals surface area contributed by atoms with Crippen LogP contribution < -0.4 is 10.7 Å². The molecule has 1 saturated heterocycles. The van der Waals surface area contributed by atoms with E-state index in [0.717, 1.165) is 11.6 Å². The molecule has 2 atom stereocenters. The van der Waals surface area contributed by atoms with Gasteiger partial charge in [0.1, 0.15) is 11.6 Å². The van der Waals surface area contributed by atoms with Crippen LogP contribution in [0.3, 0.4) is 0 Å². The molecule has 0 bridgehead atoms. The number of amides is 2. The van der Waals surface area contributed by atoms with Crippen LogP contribution in [0.2, 0.25) is 5.02 Å². The van der Waals surface area contributed by atoms with Crippen molar-refractivity contribution in [1.29, 1.82) is 0 Å². The molecule has 2 amide bonds. The highest BCUT2D eigenvalue weighted by Crippen LogP contribution is 2.46. The number of benzene rings is 2. The summed E-state index contributed by atoms with van der Waals surface area (Å²) in [5.74, 6) is -1.23. The molecule has 1 aliphatic heterocycles. The van der Waals surface area contributed by atoms with Gasteiger partial charge in [-0.05, 0) is 42.2 Å². The van der Waals surface area contributed by atoms with Crippen LogP contribution in [0.5, 0.6) is 0 Å². The van der Waals surface area contributed by atoms with Crippen LogP contribution in [-0.2, 0) is 10.4 Å². The average molecular weight is 511 g/mol. The number of fused-ring (bicyclic) bond motifs is 1. The van der Waals surface area contributed by atoms with E-state index in [9.17, 15) is 19.5 Å². The highest BCUT2D eigenvalue weighted by molar-refractivity contribution is 6.30. The fourth-order valence-corrected chi connectivity index (χ4v) is 5.04. The second-order valence-corrected chi connectivity index (χ2v) is 10.9. The lowest BCUT2D eigenvalue weighted by atomic mass is 9.66. The number of piperidine rings is 1. The Bertz CT molecular complexity index is 1350. The Balaban J connectivity index is 1.53. The lowest BCUT2D eigenvalue weighted by Crippen LogP contribution is -2.60. The first-order valence-electron chi connectivity index (χ1n) is 12.0. The lowest BCUT2D eigenvalue weighted by Gasteiger charge is -2.51. The minimum Gasteiger partial charge on any atom is -0.451 e. The number of halogens is 1. The molecule has 2 aromatic carbocycles. The van der Waals surface area contributed by atoms with E-state index in [0.29, 0.717) is 35.5 Å². The highest BCUT2D eigenvalue weighted by atomic mass is 35.5. The molecule has 0 saturated carbocycles. The largest absolute Gasteiger partial charge is 0.451 e. The normalized spacial score (nSPS) is 20.4. The predicted octanol–water partition coefficient (Wildman–Crippen LogP) is 4.35. The van der Waals surface area contributed by atoms with Crippen LogP contribution in [-0.4, -0.2) is 41.0 Å². The smallest absolute Gasteiger partial charge is 0.287 e. The summed E-state index contributed by atoms with van der Waals surface area (Å²) in [6, 6.07) is 14.1. The number of aliphatic hydroxyl groups is 1. The van der Waals surface area contributed by atoms with E-state index >= 15 is 0 Å². The van der Waals surface area contributed by atoms with Gasteiger partial charge in [-0.3, -0.25) is 14.4 Å². The van der Waals surface area contributed by atoms with Crippen molar-refractivity contribution >= 4 is 34.4 Å². The molecular weight excluding hydrogens is 480 g/mol. The summed E-state index contributed by atoms with van der Waals surface area (Å²) in [7, 11) is 0. The number of hydrogen-bond acceptors (Lipinski definition) is 5. The second-order valence-electron chi connectivity index (χ2n) is 10.4. The van der Waals surface area contributed by atoms with E-state index in [-0.39, 0.29) is 23.0 Å². The van der Waals surface area contributed by atoms with Gasteiger partial charge in [-0.2, -0.15) is 0 Å². The van der Waals surface area contributed by atoms with Crippen molar-refractivity contribution in [3.05, 3.63) is 81.2 Å². The summed E-state index contributed by atoms with van der Waals surface area (Å²) >= 11 is 6.03. The van der Waals surface area contributed by atoms with Crippen molar-refractivity contribution in [3.63, 3.8) is 0 Å². The van der Waals surface area contributed by atoms with E-state index in [1.54, 1.807) is 41.3 Å². The van der Waals surface area contributed by atoms with Gasteiger partial charge in [0.05, 0.1) is 11.0 Å². The SMILES string of the molecule is CC(C)[C@@H](NC(=O)c1cc(=O)c2ccccc2o1)C(=O)N1CC[C@](O)(c2ccc(Cl)cc2)C(C)(C)C1. The van der Waals surface area contributed by atoms with E-state index < -0.39 is 23.0 Å². The number of carbonyl (C=O) groups is 2. The fraction of sp³-hybridized carbons (Fsp3) is 0.393. The number of nitrogens with zero attached hydrogens (tertiary/aromatic N) is 1. The fourth-order valence-electron chi connectivity index (χ4n) is 4.91. The number of rotatable bonds is 5. The van der Waals surface area contributed by atoms with Gasteiger partial charge in [-0.25, -0.2) is 0 Å². The summed E-state index contributed by atoms with van der Waals surface area (Å²) in [6.07, 6.45) is 0.339. The molecule has 1 fully saturated rings. The standard InChI is InChI=1S/C28H31ClN2O5/c1-17(2)24(30-25(33)23-15-21(32)20-7-5-6-8-22(20)36-23)26(34)31-14-13-28(35,27(3,4)16-31)18-9-11-19(29)12-10-18/h5-12,15,17,24,35H,13-14,16H2,1-4H3,(H,30,33)/t24-,28+/m1/s1. The van der Waals surface area contributed by atoms with Gasteiger partial charge in [0, 0.05) is 29.6 Å². The first-order valence-corrected chi connectivity index (χ1v) is 12.4. The van der Waals surface area contributed by atoms with Gasteiger partial charge in [0.25, 0.3) is 5.91 Å². The zero-order chi connectivity index (χ0) is 26.3. The monoisotopic (exact) mass is 510 g/mol. The van der Waals surface area contributed by atoms with Gasteiger partial charge in [-0.1, -0.05) is 63.6 Å². The lowest BCUT2D eigenvalue weighted by molar-refractivity contribution is -0.155. The Morgan fingerprint density at radius 3 is 2.42 bits per heavy atom. The number of likely N-dealkylation sites (tertiary alicyclic amines) is 1. The van der Waals surface area contributed by atoms with E-state index in [1.807, 2.05) is 39.8 Å². The number of carbonyl (C=O) groups excluding carboxylic acids is 2. The minimum atomic E-state index is -1.14. The van der Waals surface area contributed by atoms with Gasteiger partial charge in [-0.15, -0.1) is 0 Å². The number of para-hydroxylation sites is 1. The molecule has 0 unspecified atom stereocenters. The summed E-state index contributed by atoms with van der Waals surface area (Å²) in [5, 5.41) is 15.4. The average Bonchev–Trinajstić information content (AvgIpc) is 2.83. The van der Waals surface area contributed by atoms with Crippen molar-refractivity contribution in [3.8, 4) is 0 Å². The van der Waals surface area contributed by atoms with Crippen molar-refractivity contribution in [2.24, 2.45) is 11.3 Å². The summed E-state index contributed by atoms with van der Waals surface area (Å²) < 4.78 is 5.65. The molecule has 0 aliphatic carbocycles. The number of nitrogens with one attached hydrogen (secondary N) is 1. The molecule has 0 radical (unpaired) electrons. The van der Waals surface area contributed by atoms with Gasteiger partial charge in [0.15, 0.2) is 11.2 Å². The van der Waals surface area contributed by atoms with Crippen LogP contribution in [0.15, 0.2) is 63.8 Å². The second kappa shape index (κ2) is 9.71. The van der Waals surface area contributed by atoms with Crippen molar-refractivity contribution in [1.82, 2.24) is 10.2 Å². The Morgan fingerprint density at radius 2 is 1.78 bits per heavy atom. The highest BCUT2D eigenvalue weighted by Gasteiger charge is 2.50. The third kappa shape index (κ3) is 4.77. The maximum atomic E-state index is 13.6. The van der Waals surface area contributed by atoms with E-state index in [2.05, 4.69) is 5.32 Å². The Hall–Kier alpha value is -3.16.